The molecule has 0 aliphatic carbocycles. The summed E-state index contributed by atoms with van der Waals surface area (Å²) >= 11 is 0. The van der Waals surface area contributed by atoms with Crippen molar-refractivity contribution in [3.8, 4) is 0 Å². The molecule has 0 saturated carbocycles. The van der Waals surface area contributed by atoms with Crippen LogP contribution >= 0.6 is 24.0 Å². The van der Waals surface area contributed by atoms with E-state index in [4.69, 9.17) is 4.74 Å². The number of alkyl halides is 3. The first-order valence-electron chi connectivity index (χ1n) is 8.32. The molecule has 0 amide bonds. The lowest BCUT2D eigenvalue weighted by Crippen LogP contribution is -2.52. The number of hydrogen-bond acceptors (Lipinski definition) is 3. The summed E-state index contributed by atoms with van der Waals surface area (Å²) < 4.78 is 43.6. The van der Waals surface area contributed by atoms with E-state index in [2.05, 4.69) is 15.2 Å². The number of rotatable bonds is 5. The summed E-state index contributed by atoms with van der Waals surface area (Å²) in [4.78, 5) is 8.37. The predicted octanol–water partition coefficient (Wildman–Crippen LogP) is 3.06. The van der Waals surface area contributed by atoms with Gasteiger partial charge in [-0.25, -0.2) is 0 Å². The highest BCUT2D eigenvalue weighted by atomic mass is 127. The Bertz CT molecular complexity index is 575. The van der Waals surface area contributed by atoms with E-state index in [0.717, 1.165) is 25.0 Å². The normalized spacial score (nSPS) is 15.7. The molecule has 1 saturated heterocycles. The van der Waals surface area contributed by atoms with Crippen LogP contribution in [0.1, 0.15) is 12.0 Å². The summed E-state index contributed by atoms with van der Waals surface area (Å²) in [5, 5.41) is 3.29. The van der Waals surface area contributed by atoms with E-state index in [-0.39, 0.29) is 24.0 Å². The highest BCUT2D eigenvalue weighted by Gasteiger charge is 2.31. The molecule has 26 heavy (non-hydrogen) atoms. The van der Waals surface area contributed by atoms with Crippen LogP contribution in [0.15, 0.2) is 29.3 Å². The van der Waals surface area contributed by atoms with Crippen LogP contribution in [0.4, 0.5) is 18.9 Å². The number of halogens is 4. The van der Waals surface area contributed by atoms with Gasteiger partial charge in [-0.3, -0.25) is 4.99 Å². The Morgan fingerprint density at radius 3 is 2.50 bits per heavy atom. The van der Waals surface area contributed by atoms with Crippen LogP contribution in [-0.4, -0.2) is 64.3 Å². The Labute approximate surface area is 169 Å². The van der Waals surface area contributed by atoms with Gasteiger partial charge in [0.15, 0.2) is 5.96 Å². The monoisotopic (exact) mass is 486 g/mol. The molecule has 1 fully saturated rings. The van der Waals surface area contributed by atoms with Crippen molar-refractivity contribution in [1.82, 2.24) is 10.2 Å². The fourth-order valence-corrected chi connectivity index (χ4v) is 2.80. The third-order valence-corrected chi connectivity index (χ3v) is 4.14. The van der Waals surface area contributed by atoms with Crippen LogP contribution in [0.3, 0.4) is 0 Å². The third kappa shape index (κ3) is 6.49. The maximum Gasteiger partial charge on any atom is 0.416 e. The number of nitrogens with one attached hydrogen (secondary N) is 1. The zero-order valence-corrected chi connectivity index (χ0v) is 17.4. The van der Waals surface area contributed by atoms with Crippen LogP contribution < -0.4 is 10.2 Å². The lowest BCUT2D eigenvalue weighted by molar-refractivity contribution is -0.137. The van der Waals surface area contributed by atoms with Crippen LogP contribution in [-0.2, 0) is 10.9 Å². The first kappa shape index (κ1) is 22.8. The molecule has 0 aromatic heterocycles. The number of hydrogen-bond donors (Lipinski definition) is 1. The SMILES string of the molecule is CN=C(NCCCOC)N1CCN(c2cccc(C(F)(F)F)c2)CC1.I. The van der Waals surface area contributed by atoms with Gasteiger partial charge in [-0.2, -0.15) is 13.2 Å². The largest absolute Gasteiger partial charge is 0.416 e. The molecule has 2 rings (SSSR count). The molecule has 0 bridgehead atoms. The van der Waals surface area contributed by atoms with E-state index in [0.29, 0.717) is 38.5 Å². The minimum atomic E-state index is -4.31. The van der Waals surface area contributed by atoms with Crippen molar-refractivity contribution >= 4 is 35.6 Å². The average Bonchev–Trinajstić information content (AvgIpc) is 2.61. The van der Waals surface area contributed by atoms with E-state index in [9.17, 15) is 13.2 Å². The molecule has 0 radical (unpaired) electrons. The van der Waals surface area contributed by atoms with Gasteiger partial charge in [-0.15, -0.1) is 24.0 Å². The van der Waals surface area contributed by atoms with Gasteiger partial charge < -0.3 is 19.9 Å². The number of nitrogens with zero attached hydrogens (tertiary/aromatic N) is 3. The average molecular weight is 486 g/mol. The zero-order chi connectivity index (χ0) is 18.3. The quantitative estimate of drug-likeness (QED) is 0.301. The molecule has 1 heterocycles. The van der Waals surface area contributed by atoms with Crippen molar-refractivity contribution in [2.24, 2.45) is 4.99 Å². The highest BCUT2D eigenvalue weighted by Crippen LogP contribution is 2.31. The number of aliphatic imine (C=N–C) groups is 1. The summed E-state index contributed by atoms with van der Waals surface area (Å²) in [5.41, 5.74) is 0.000523. The minimum Gasteiger partial charge on any atom is -0.385 e. The van der Waals surface area contributed by atoms with Crippen molar-refractivity contribution in [3.05, 3.63) is 29.8 Å². The first-order chi connectivity index (χ1) is 12.0. The maximum atomic E-state index is 12.9. The van der Waals surface area contributed by atoms with Gasteiger partial charge in [-0.05, 0) is 24.6 Å². The number of methoxy groups -OCH3 is 1. The van der Waals surface area contributed by atoms with Crippen LogP contribution in [0.2, 0.25) is 0 Å². The first-order valence-corrected chi connectivity index (χ1v) is 8.32. The molecule has 1 aliphatic rings. The summed E-state index contributed by atoms with van der Waals surface area (Å²) in [6.07, 6.45) is -3.42. The molecule has 0 atom stereocenters. The summed E-state index contributed by atoms with van der Waals surface area (Å²) in [7, 11) is 3.40. The van der Waals surface area contributed by atoms with Crippen molar-refractivity contribution in [1.29, 1.82) is 0 Å². The smallest absolute Gasteiger partial charge is 0.385 e. The Morgan fingerprint density at radius 1 is 1.23 bits per heavy atom. The van der Waals surface area contributed by atoms with Crippen LogP contribution in [0.5, 0.6) is 0 Å². The molecule has 1 N–H and O–H groups in total. The Balaban J connectivity index is 0.00000338. The lowest BCUT2D eigenvalue weighted by Gasteiger charge is -2.37. The molecule has 5 nitrogen and oxygen atoms in total. The van der Waals surface area contributed by atoms with E-state index in [1.165, 1.54) is 12.1 Å². The molecule has 1 aromatic carbocycles. The summed E-state index contributed by atoms with van der Waals surface area (Å²) in [6.45, 7) is 4.18. The molecule has 148 valence electrons. The van der Waals surface area contributed by atoms with Gasteiger partial charge in [0.05, 0.1) is 5.56 Å². The van der Waals surface area contributed by atoms with E-state index < -0.39 is 11.7 Å². The van der Waals surface area contributed by atoms with E-state index in [1.54, 1.807) is 20.2 Å². The van der Waals surface area contributed by atoms with Crippen LogP contribution in [0, 0.1) is 0 Å². The van der Waals surface area contributed by atoms with Crippen molar-refractivity contribution in [2.45, 2.75) is 12.6 Å². The third-order valence-electron chi connectivity index (χ3n) is 4.14. The highest BCUT2D eigenvalue weighted by molar-refractivity contribution is 14.0. The second kappa shape index (κ2) is 10.8. The Morgan fingerprint density at radius 2 is 1.92 bits per heavy atom. The van der Waals surface area contributed by atoms with E-state index >= 15 is 0 Å². The molecule has 0 spiro atoms. The molecule has 9 heteroatoms. The number of anilines is 1. The number of piperazine rings is 1. The Hall–Kier alpha value is -1.23. The van der Waals surface area contributed by atoms with Gasteiger partial charge >= 0.3 is 6.18 Å². The standard InChI is InChI=1S/C17H25F3N4O.HI/c1-21-16(22-7-4-12-25-2)24-10-8-23(9-11-24)15-6-3-5-14(13-15)17(18,19)20;/h3,5-6,13H,4,7-12H2,1-2H3,(H,21,22);1H. The molecule has 1 aromatic rings. The van der Waals surface area contributed by atoms with Crippen LogP contribution in [0.25, 0.3) is 0 Å². The minimum absolute atomic E-state index is 0. The molecule has 1 aliphatic heterocycles. The molecule has 0 unspecified atom stereocenters. The van der Waals surface area contributed by atoms with Gasteiger partial charge in [0, 0.05) is 59.2 Å². The number of benzene rings is 1. The summed E-state index contributed by atoms with van der Waals surface area (Å²) in [6, 6.07) is 5.50. The lowest BCUT2D eigenvalue weighted by atomic mass is 10.1. The predicted molar refractivity (Wildman–Crippen MR) is 108 cm³/mol. The van der Waals surface area contributed by atoms with Gasteiger partial charge in [0.1, 0.15) is 0 Å². The van der Waals surface area contributed by atoms with Crippen molar-refractivity contribution in [3.63, 3.8) is 0 Å². The number of ether oxygens (including phenoxy) is 1. The second-order valence-electron chi connectivity index (χ2n) is 5.84. The van der Waals surface area contributed by atoms with Crippen molar-refractivity contribution in [2.75, 3.05) is 58.4 Å². The molecular weight excluding hydrogens is 460 g/mol. The van der Waals surface area contributed by atoms with Crippen molar-refractivity contribution < 1.29 is 17.9 Å². The molecular formula is C17H26F3IN4O. The van der Waals surface area contributed by atoms with Gasteiger partial charge in [0.2, 0.25) is 0 Å². The fourth-order valence-electron chi connectivity index (χ4n) is 2.80. The van der Waals surface area contributed by atoms with Gasteiger partial charge in [0.25, 0.3) is 0 Å². The zero-order valence-electron chi connectivity index (χ0n) is 15.1. The fraction of sp³-hybridized carbons (Fsp3) is 0.588. The Kier molecular flexibility index (Phi) is 9.48. The van der Waals surface area contributed by atoms with E-state index in [1.807, 2.05) is 4.90 Å². The second-order valence-corrected chi connectivity index (χ2v) is 5.84. The van der Waals surface area contributed by atoms with Gasteiger partial charge in [-0.1, -0.05) is 6.07 Å². The number of guanidine groups is 1. The summed E-state index contributed by atoms with van der Waals surface area (Å²) in [5.74, 6) is 0.819. The maximum absolute atomic E-state index is 12.9. The topological polar surface area (TPSA) is 40.1 Å².